The number of amides is 1. The van der Waals surface area contributed by atoms with Crippen molar-refractivity contribution in [2.24, 2.45) is 0 Å². The molecule has 1 aromatic rings. The molecule has 2 rings (SSSR count). The van der Waals surface area contributed by atoms with Gasteiger partial charge in [-0.05, 0) is 18.9 Å². The van der Waals surface area contributed by atoms with Crippen molar-refractivity contribution in [2.75, 3.05) is 32.1 Å². The molecule has 110 valence electrons. The summed E-state index contributed by atoms with van der Waals surface area (Å²) in [5.41, 5.74) is 0.497. The number of halogens is 1. The molecule has 2 heterocycles. The number of likely N-dealkylation sites (tertiary alicyclic amines) is 1. The second-order valence-electron chi connectivity index (χ2n) is 4.87. The van der Waals surface area contributed by atoms with Crippen molar-refractivity contribution in [1.82, 2.24) is 9.88 Å². The Kier molecular flexibility index (Phi) is 5.20. The molecule has 0 aromatic carbocycles. The standard InChI is InChI=1S/C14H20ClN3O2/c1-3-5-16-13-7-11(12(15)8-17-13)14(19)18-6-4-10(9-18)20-2/h7-8,10H,3-6,9H2,1-2H3,(H,16,17). The fourth-order valence-electron chi connectivity index (χ4n) is 2.23. The van der Waals surface area contributed by atoms with Crippen LogP contribution in [0, 0.1) is 0 Å². The predicted molar refractivity (Wildman–Crippen MR) is 79.3 cm³/mol. The van der Waals surface area contributed by atoms with Crippen molar-refractivity contribution >= 4 is 23.3 Å². The van der Waals surface area contributed by atoms with E-state index in [4.69, 9.17) is 16.3 Å². The molecule has 1 aromatic heterocycles. The van der Waals surface area contributed by atoms with Gasteiger partial charge in [-0.15, -0.1) is 0 Å². The molecule has 1 saturated heterocycles. The van der Waals surface area contributed by atoms with E-state index in [0.717, 1.165) is 19.4 Å². The van der Waals surface area contributed by atoms with Gasteiger partial charge in [0.2, 0.25) is 0 Å². The molecule has 6 heteroatoms. The summed E-state index contributed by atoms with van der Waals surface area (Å²) >= 11 is 6.10. The maximum atomic E-state index is 12.5. The third-order valence-electron chi connectivity index (χ3n) is 3.41. The van der Waals surface area contributed by atoms with E-state index in [1.807, 2.05) is 0 Å². The summed E-state index contributed by atoms with van der Waals surface area (Å²) < 4.78 is 5.28. The minimum absolute atomic E-state index is 0.0588. The van der Waals surface area contributed by atoms with Gasteiger partial charge >= 0.3 is 0 Å². The van der Waals surface area contributed by atoms with Crippen LogP contribution in [-0.2, 0) is 4.74 Å². The molecule has 0 bridgehead atoms. The maximum absolute atomic E-state index is 12.5. The zero-order valence-corrected chi connectivity index (χ0v) is 12.6. The summed E-state index contributed by atoms with van der Waals surface area (Å²) in [6.45, 7) is 4.21. The molecule has 0 radical (unpaired) electrons. The zero-order valence-electron chi connectivity index (χ0n) is 11.9. The van der Waals surface area contributed by atoms with Gasteiger partial charge in [0.1, 0.15) is 5.82 Å². The normalized spacial score (nSPS) is 18.4. The summed E-state index contributed by atoms with van der Waals surface area (Å²) in [4.78, 5) is 18.4. The van der Waals surface area contributed by atoms with Crippen LogP contribution in [0.4, 0.5) is 5.82 Å². The van der Waals surface area contributed by atoms with Crippen LogP contribution >= 0.6 is 11.6 Å². The Balaban J connectivity index is 2.12. The average Bonchev–Trinajstić information content (AvgIpc) is 2.94. The fourth-order valence-corrected chi connectivity index (χ4v) is 2.41. The van der Waals surface area contributed by atoms with Crippen molar-refractivity contribution in [3.63, 3.8) is 0 Å². The summed E-state index contributed by atoms with van der Waals surface area (Å²) in [5, 5.41) is 3.55. The van der Waals surface area contributed by atoms with Gasteiger partial charge in [-0.1, -0.05) is 18.5 Å². The lowest BCUT2D eigenvalue weighted by Crippen LogP contribution is -2.30. The Labute approximate surface area is 124 Å². The van der Waals surface area contributed by atoms with E-state index in [-0.39, 0.29) is 12.0 Å². The third kappa shape index (κ3) is 3.41. The lowest BCUT2D eigenvalue weighted by Gasteiger charge is -2.17. The van der Waals surface area contributed by atoms with Crippen LogP contribution in [0.25, 0.3) is 0 Å². The molecular weight excluding hydrogens is 278 g/mol. The van der Waals surface area contributed by atoms with Crippen LogP contribution in [0.15, 0.2) is 12.3 Å². The third-order valence-corrected chi connectivity index (χ3v) is 3.71. The van der Waals surface area contributed by atoms with E-state index >= 15 is 0 Å². The molecule has 1 atom stereocenters. The van der Waals surface area contributed by atoms with Crippen molar-refractivity contribution < 1.29 is 9.53 Å². The fraction of sp³-hybridized carbons (Fsp3) is 0.571. The van der Waals surface area contributed by atoms with E-state index in [0.29, 0.717) is 29.5 Å². The molecule has 0 spiro atoms. The lowest BCUT2D eigenvalue weighted by molar-refractivity contribution is 0.0724. The molecular formula is C14H20ClN3O2. The number of anilines is 1. The first-order valence-electron chi connectivity index (χ1n) is 6.87. The summed E-state index contributed by atoms with van der Waals surface area (Å²) in [6, 6.07) is 1.72. The van der Waals surface area contributed by atoms with Gasteiger partial charge in [-0.2, -0.15) is 0 Å². The van der Waals surface area contributed by atoms with Crippen molar-refractivity contribution in [2.45, 2.75) is 25.9 Å². The highest BCUT2D eigenvalue weighted by molar-refractivity contribution is 6.33. The van der Waals surface area contributed by atoms with Crippen LogP contribution in [0.1, 0.15) is 30.1 Å². The second kappa shape index (κ2) is 6.90. The topological polar surface area (TPSA) is 54.5 Å². The number of aromatic nitrogens is 1. The zero-order chi connectivity index (χ0) is 14.5. The van der Waals surface area contributed by atoms with Gasteiger partial charge in [0.05, 0.1) is 16.7 Å². The first-order chi connectivity index (χ1) is 9.65. The highest BCUT2D eigenvalue weighted by Crippen LogP contribution is 2.22. The van der Waals surface area contributed by atoms with Gasteiger partial charge in [-0.3, -0.25) is 4.79 Å². The van der Waals surface area contributed by atoms with Gasteiger partial charge < -0.3 is 15.0 Å². The van der Waals surface area contributed by atoms with E-state index < -0.39 is 0 Å². The van der Waals surface area contributed by atoms with Crippen LogP contribution in [0.5, 0.6) is 0 Å². The maximum Gasteiger partial charge on any atom is 0.255 e. The summed E-state index contributed by atoms with van der Waals surface area (Å²) in [6.07, 6.45) is 3.51. The van der Waals surface area contributed by atoms with Crippen LogP contribution in [-0.4, -0.2) is 48.6 Å². The Bertz CT molecular complexity index is 481. The molecule has 1 fully saturated rings. The van der Waals surface area contributed by atoms with Gasteiger partial charge in [0.15, 0.2) is 0 Å². The largest absolute Gasteiger partial charge is 0.380 e. The molecule has 5 nitrogen and oxygen atoms in total. The van der Waals surface area contributed by atoms with Crippen LogP contribution < -0.4 is 5.32 Å². The Morgan fingerprint density at radius 3 is 3.10 bits per heavy atom. The number of hydrogen-bond donors (Lipinski definition) is 1. The molecule has 20 heavy (non-hydrogen) atoms. The molecule has 1 aliphatic heterocycles. The number of nitrogens with zero attached hydrogens (tertiary/aromatic N) is 2. The number of rotatable bonds is 5. The quantitative estimate of drug-likeness (QED) is 0.907. The van der Waals surface area contributed by atoms with Gasteiger partial charge in [-0.25, -0.2) is 4.98 Å². The number of methoxy groups -OCH3 is 1. The highest BCUT2D eigenvalue weighted by atomic mass is 35.5. The summed E-state index contributed by atoms with van der Waals surface area (Å²) in [7, 11) is 1.67. The van der Waals surface area contributed by atoms with Crippen molar-refractivity contribution in [3.05, 3.63) is 22.8 Å². The van der Waals surface area contributed by atoms with Crippen LogP contribution in [0.3, 0.4) is 0 Å². The van der Waals surface area contributed by atoms with E-state index in [9.17, 15) is 4.79 Å². The monoisotopic (exact) mass is 297 g/mol. The number of pyridine rings is 1. The molecule has 0 aliphatic carbocycles. The number of nitrogens with one attached hydrogen (secondary N) is 1. The van der Waals surface area contributed by atoms with Gasteiger partial charge in [0.25, 0.3) is 5.91 Å². The lowest BCUT2D eigenvalue weighted by atomic mass is 10.2. The second-order valence-corrected chi connectivity index (χ2v) is 5.28. The predicted octanol–water partition coefficient (Wildman–Crippen LogP) is 2.42. The van der Waals surface area contributed by atoms with E-state index in [2.05, 4.69) is 17.2 Å². The van der Waals surface area contributed by atoms with Crippen LogP contribution in [0.2, 0.25) is 5.02 Å². The first kappa shape index (κ1) is 15.1. The number of carbonyl (C=O) groups is 1. The Morgan fingerprint density at radius 1 is 1.65 bits per heavy atom. The van der Waals surface area contributed by atoms with E-state index in [1.54, 1.807) is 18.1 Å². The number of ether oxygens (including phenoxy) is 1. The Morgan fingerprint density at radius 2 is 2.45 bits per heavy atom. The number of carbonyl (C=O) groups excluding carboxylic acids is 1. The van der Waals surface area contributed by atoms with Gasteiger partial charge in [0, 0.05) is 32.9 Å². The van der Waals surface area contributed by atoms with E-state index in [1.165, 1.54) is 6.20 Å². The first-order valence-corrected chi connectivity index (χ1v) is 7.25. The highest BCUT2D eigenvalue weighted by Gasteiger charge is 2.28. The molecule has 1 N–H and O–H groups in total. The Hall–Kier alpha value is -1.33. The smallest absolute Gasteiger partial charge is 0.255 e. The summed E-state index contributed by atoms with van der Waals surface area (Å²) in [5.74, 6) is 0.624. The molecule has 1 amide bonds. The minimum Gasteiger partial charge on any atom is -0.380 e. The average molecular weight is 298 g/mol. The molecule has 1 unspecified atom stereocenters. The molecule has 1 aliphatic rings. The SMILES string of the molecule is CCCNc1cc(C(=O)N2CCC(OC)C2)c(Cl)cn1. The molecule has 0 saturated carbocycles. The van der Waals surface area contributed by atoms with Crippen molar-refractivity contribution in [3.8, 4) is 0 Å². The minimum atomic E-state index is -0.0588. The number of hydrogen-bond acceptors (Lipinski definition) is 4. The van der Waals surface area contributed by atoms with Crippen molar-refractivity contribution in [1.29, 1.82) is 0 Å².